The predicted molar refractivity (Wildman–Crippen MR) is 68.5 cm³/mol. The van der Waals surface area contributed by atoms with Crippen molar-refractivity contribution in [3.05, 3.63) is 10.6 Å². The van der Waals surface area contributed by atoms with Crippen LogP contribution in [0.15, 0.2) is 0 Å². The van der Waals surface area contributed by atoms with Crippen LogP contribution in [-0.2, 0) is 16.4 Å². The normalized spacial score (nSPS) is 11.7. The lowest BCUT2D eigenvalue weighted by Crippen LogP contribution is -2.16. The molecule has 1 rings (SSSR count). The molecule has 0 spiro atoms. The van der Waals surface area contributed by atoms with Crippen molar-refractivity contribution in [3.8, 4) is 0 Å². The fourth-order valence-electron chi connectivity index (χ4n) is 1.32. The summed E-state index contributed by atoms with van der Waals surface area (Å²) in [5.41, 5.74) is 0.971. The van der Waals surface area contributed by atoms with Crippen molar-refractivity contribution in [2.45, 2.75) is 40.0 Å². The van der Waals surface area contributed by atoms with E-state index in [-0.39, 0.29) is 5.75 Å². The van der Waals surface area contributed by atoms with Crippen LogP contribution in [0, 0.1) is 6.92 Å². The second-order valence-electron chi connectivity index (χ2n) is 3.65. The van der Waals surface area contributed by atoms with Gasteiger partial charge in [0.25, 0.3) is 0 Å². The van der Waals surface area contributed by atoms with Gasteiger partial charge in [-0.25, -0.2) is 13.4 Å². The number of hydrogen-bond donors (Lipinski definition) is 1. The van der Waals surface area contributed by atoms with Gasteiger partial charge in [0.15, 0.2) is 5.13 Å². The van der Waals surface area contributed by atoms with Crippen LogP contribution >= 0.6 is 11.3 Å². The van der Waals surface area contributed by atoms with E-state index in [0.717, 1.165) is 23.4 Å². The number of nitrogens with zero attached hydrogens (tertiary/aromatic N) is 1. The molecule has 0 aliphatic heterocycles. The Labute approximate surface area is 101 Å². The van der Waals surface area contributed by atoms with Gasteiger partial charge in [-0.15, -0.1) is 11.3 Å². The Morgan fingerprint density at radius 2 is 2.06 bits per heavy atom. The van der Waals surface area contributed by atoms with Gasteiger partial charge >= 0.3 is 0 Å². The zero-order chi connectivity index (χ0) is 12.2. The first-order valence-electron chi connectivity index (χ1n) is 5.45. The highest BCUT2D eigenvalue weighted by Crippen LogP contribution is 2.23. The second kappa shape index (κ2) is 5.63. The maximum atomic E-state index is 11.6. The van der Waals surface area contributed by atoms with Gasteiger partial charge in [-0.2, -0.15) is 0 Å². The van der Waals surface area contributed by atoms with Gasteiger partial charge in [-0.1, -0.05) is 20.3 Å². The van der Waals surface area contributed by atoms with Gasteiger partial charge in [0, 0.05) is 4.88 Å². The molecule has 0 radical (unpaired) electrons. The molecule has 0 saturated carbocycles. The zero-order valence-corrected chi connectivity index (χ0v) is 11.5. The molecule has 0 fully saturated rings. The summed E-state index contributed by atoms with van der Waals surface area (Å²) in [4.78, 5) is 5.33. The molecule has 0 aromatic carbocycles. The molecule has 0 bridgehead atoms. The molecule has 92 valence electrons. The lowest BCUT2D eigenvalue weighted by atomic mass is 10.3. The Bertz CT molecular complexity index is 438. The van der Waals surface area contributed by atoms with Gasteiger partial charge in [0.05, 0.1) is 11.4 Å². The summed E-state index contributed by atoms with van der Waals surface area (Å²) < 4.78 is 25.8. The van der Waals surface area contributed by atoms with Crippen LogP contribution in [0.2, 0.25) is 0 Å². The molecule has 0 atom stereocenters. The van der Waals surface area contributed by atoms with Crippen molar-refractivity contribution < 1.29 is 8.42 Å². The standard InChI is InChI=1S/C10H18N2O2S2/c1-4-6-7-16(13,14)12-10-11-9(5-2)8(3)15-10/h4-7H2,1-3H3,(H,11,12). The summed E-state index contributed by atoms with van der Waals surface area (Å²) in [7, 11) is -3.21. The van der Waals surface area contributed by atoms with E-state index in [2.05, 4.69) is 9.71 Å². The Balaban J connectivity index is 2.72. The van der Waals surface area contributed by atoms with Crippen LogP contribution in [0.25, 0.3) is 0 Å². The van der Waals surface area contributed by atoms with Crippen molar-refractivity contribution >= 4 is 26.5 Å². The minimum absolute atomic E-state index is 0.170. The Hall–Kier alpha value is -0.620. The average Bonchev–Trinajstić information content (AvgIpc) is 2.55. The number of rotatable bonds is 6. The number of anilines is 1. The fraction of sp³-hybridized carbons (Fsp3) is 0.700. The summed E-state index contributed by atoms with van der Waals surface area (Å²) in [6.45, 7) is 5.94. The van der Waals surface area contributed by atoms with E-state index in [9.17, 15) is 8.42 Å². The monoisotopic (exact) mass is 262 g/mol. The van der Waals surface area contributed by atoms with E-state index in [4.69, 9.17) is 0 Å². The Morgan fingerprint density at radius 1 is 1.38 bits per heavy atom. The van der Waals surface area contributed by atoms with E-state index in [0.29, 0.717) is 11.6 Å². The van der Waals surface area contributed by atoms with Crippen molar-refractivity contribution in [3.63, 3.8) is 0 Å². The highest BCUT2D eigenvalue weighted by atomic mass is 32.2. The fourth-order valence-corrected chi connectivity index (χ4v) is 3.70. The molecule has 0 aliphatic carbocycles. The smallest absolute Gasteiger partial charge is 0.234 e. The molecular formula is C10H18N2O2S2. The largest absolute Gasteiger partial charge is 0.259 e. The number of nitrogens with one attached hydrogen (secondary N) is 1. The highest BCUT2D eigenvalue weighted by molar-refractivity contribution is 7.92. The van der Waals surface area contributed by atoms with E-state index in [1.165, 1.54) is 11.3 Å². The molecule has 6 heteroatoms. The summed E-state index contributed by atoms with van der Waals surface area (Å²) in [5.74, 6) is 0.170. The first-order valence-corrected chi connectivity index (χ1v) is 7.92. The summed E-state index contributed by atoms with van der Waals surface area (Å²) in [6.07, 6.45) is 2.39. The molecule has 0 unspecified atom stereocenters. The third-order valence-corrected chi connectivity index (χ3v) is 4.63. The number of aryl methyl sites for hydroxylation is 2. The molecule has 1 N–H and O–H groups in total. The summed E-state index contributed by atoms with van der Waals surface area (Å²) >= 11 is 1.40. The third kappa shape index (κ3) is 3.75. The molecule has 0 saturated heterocycles. The minimum atomic E-state index is -3.21. The topological polar surface area (TPSA) is 59.1 Å². The lowest BCUT2D eigenvalue weighted by Gasteiger charge is -2.03. The Kier molecular flexibility index (Phi) is 4.73. The van der Waals surface area contributed by atoms with Gasteiger partial charge in [-0.05, 0) is 19.8 Å². The van der Waals surface area contributed by atoms with E-state index >= 15 is 0 Å². The number of aromatic nitrogens is 1. The van der Waals surface area contributed by atoms with Crippen LogP contribution in [0.5, 0.6) is 0 Å². The van der Waals surface area contributed by atoms with E-state index in [1.54, 1.807) is 0 Å². The maximum Gasteiger partial charge on any atom is 0.234 e. The third-order valence-electron chi connectivity index (χ3n) is 2.24. The first kappa shape index (κ1) is 13.4. The zero-order valence-electron chi connectivity index (χ0n) is 9.91. The number of hydrogen-bond acceptors (Lipinski definition) is 4. The first-order chi connectivity index (χ1) is 7.48. The molecule has 4 nitrogen and oxygen atoms in total. The summed E-state index contributed by atoms with van der Waals surface area (Å²) in [6, 6.07) is 0. The van der Waals surface area contributed by atoms with Gasteiger partial charge in [0.1, 0.15) is 0 Å². The minimum Gasteiger partial charge on any atom is -0.259 e. The molecule has 1 heterocycles. The van der Waals surface area contributed by atoms with E-state index < -0.39 is 10.0 Å². The highest BCUT2D eigenvalue weighted by Gasteiger charge is 2.13. The predicted octanol–water partition coefficient (Wildman–Crippen LogP) is 2.56. The van der Waals surface area contributed by atoms with Gasteiger partial charge in [0.2, 0.25) is 10.0 Å². The molecule has 0 aliphatic rings. The van der Waals surface area contributed by atoms with Crippen LogP contribution in [-0.4, -0.2) is 19.2 Å². The summed E-state index contributed by atoms with van der Waals surface area (Å²) in [5, 5.41) is 0.491. The molecule has 1 aromatic heterocycles. The van der Waals surface area contributed by atoms with Crippen molar-refractivity contribution in [1.29, 1.82) is 0 Å². The van der Waals surface area contributed by atoms with Crippen molar-refractivity contribution in [2.24, 2.45) is 0 Å². The lowest BCUT2D eigenvalue weighted by molar-refractivity contribution is 0.598. The van der Waals surface area contributed by atoms with Crippen LogP contribution in [0.4, 0.5) is 5.13 Å². The Morgan fingerprint density at radius 3 is 2.56 bits per heavy atom. The number of unbranched alkanes of at least 4 members (excludes halogenated alkanes) is 1. The van der Waals surface area contributed by atoms with Crippen LogP contribution in [0.1, 0.15) is 37.3 Å². The van der Waals surface area contributed by atoms with Crippen LogP contribution < -0.4 is 4.72 Å². The van der Waals surface area contributed by atoms with Crippen LogP contribution in [0.3, 0.4) is 0 Å². The van der Waals surface area contributed by atoms with Gasteiger partial charge < -0.3 is 0 Å². The molecule has 0 amide bonds. The molecular weight excluding hydrogens is 244 g/mol. The number of thiazole rings is 1. The maximum absolute atomic E-state index is 11.6. The average molecular weight is 262 g/mol. The molecule has 16 heavy (non-hydrogen) atoms. The van der Waals surface area contributed by atoms with Crippen molar-refractivity contribution in [2.75, 3.05) is 10.5 Å². The van der Waals surface area contributed by atoms with Gasteiger partial charge in [-0.3, -0.25) is 4.72 Å². The quantitative estimate of drug-likeness (QED) is 0.857. The second-order valence-corrected chi connectivity index (χ2v) is 6.70. The number of sulfonamides is 1. The van der Waals surface area contributed by atoms with E-state index in [1.807, 2.05) is 20.8 Å². The SMILES string of the molecule is CCCCS(=O)(=O)Nc1nc(CC)c(C)s1. The van der Waals surface area contributed by atoms with Crippen molar-refractivity contribution in [1.82, 2.24) is 4.98 Å². The molecule has 1 aromatic rings.